The van der Waals surface area contributed by atoms with Crippen LogP contribution in [-0.2, 0) is 43.0 Å². The summed E-state index contributed by atoms with van der Waals surface area (Å²) in [4.78, 5) is 36.5. The van der Waals surface area contributed by atoms with Gasteiger partial charge in [0.25, 0.3) is 0 Å². The summed E-state index contributed by atoms with van der Waals surface area (Å²) < 4.78 is 28.3. The maximum atomic E-state index is 12.6. The smallest absolute Gasteiger partial charge is 0.308 e. The molecule has 10 heteroatoms. The number of rotatable bonds is 8. The van der Waals surface area contributed by atoms with Gasteiger partial charge in [-0.3, -0.25) is 9.59 Å². The molecule has 0 aromatic rings. The lowest BCUT2D eigenvalue weighted by atomic mass is 9.58. The quantitative estimate of drug-likeness (QED) is 0.324. The van der Waals surface area contributed by atoms with Crippen molar-refractivity contribution in [1.82, 2.24) is 5.32 Å². The van der Waals surface area contributed by atoms with Gasteiger partial charge in [0.15, 0.2) is 18.2 Å². The highest BCUT2D eigenvalue weighted by molar-refractivity contribution is 5.81. The Morgan fingerprint density at radius 1 is 1.06 bits per heavy atom. The Labute approximate surface area is 194 Å². The van der Waals surface area contributed by atoms with Gasteiger partial charge in [-0.1, -0.05) is 13.8 Å². The second-order valence-electron chi connectivity index (χ2n) is 9.97. The molecule has 4 saturated heterocycles. The average molecular weight is 472 g/mol. The van der Waals surface area contributed by atoms with E-state index in [2.05, 4.69) is 12.2 Å². The Hall–Kier alpha value is -1.30. The van der Waals surface area contributed by atoms with Gasteiger partial charge in [-0.05, 0) is 38.0 Å². The summed E-state index contributed by atoms with van der Waals surface area (Å²) >= 11 is 0. The summed E-state index contributed by atoms with van der Waals surface area (Å²) in [6, 6.07) is 0. The van der Waals surface area contributed by atoms with E-state index in [-0.39, 0.29) is 43.0 Å². The lowest BCUT2D eigenvalue weighted by Crippen LogP contribution is -2.70. The lowest BCUT2D eigenvalue weighted by Gasteiger charge is -2.59. The molecule has 4 aliphatic heterocycles. The zero-order valence-electron chi connectivity index (χ0n) is 20.2. The van der Waals surface area contributed by atoms with Crippen molar-refractivity contribution in [2.24, 2.45) is 23.7 Å². The van der Waals surface area contributed by atoms with E-state index >= 15 is 0 Å². The van der Waals surface area contributed by atoms with Crippen LogP contribution in [-0.4, -0.2) is 62.9 Å². The minimum atomic E-state index is -0.882. The van der Waals surface area contributed by atoms with Crippen LogP contribution in [0.3, 0.4) is 0 Å². The van der Waals surface area contributed by atoms with Crippen LogP contribution in [0.25, 0.3) is 0 Å². The molecule has 0 aromatic heterocycles. The zero-order valence-corrected chi connectivity index (χ0v) is 20.2. The second-order valence-corrected chi connectivity index (χ2v) is 9.97. The summed E-state index contributed by atoms with van der Waals surface area (Å²) in [6.45, 7) is 6.33. The van der Waals surface area contributed by atoms with Gasteiger partial charge in [-0.25, -0.2) is 9.78 Å². The first-order chi connectivity index (χ1) is 15.7. The van der Waals surface area contributed by atoms with Crippen molar-refractivity contribution < 1.29 is 43.0 Å². The van der Waals surface area contributed by atoms with Crippen molar-refractivity contribution in [2.75, 3.05) is 20.8 Å². The van der Waals surface area contributed by atoms with E-state index in [0.29, 0.717) is 5.92 Å². The van der Waals surface area contributed by atoms with Crippen LogP contribution < -0.4 is 5.32 Å². The fourth-order valence-corrected chi connectivity index (χ4v) is 5.96. The van der Waals surface area contributed by atoms with Gasteiger partial charge >= 0.3 is 5.97 Å². The van der Waals surface area contributed by atoms with Gasteiger partial charge < -0.3 is 29.0 Å². The largest absolute Gasteiger partial charge is 0.435 e. The number of amides is 1. The SMILES string of the molecule is COC(CNC(=O)CCC(=O)OC1OC2OC3(C)CCC4C(C)CCC(C1C)C24OO3)OC. The molecule has 4 heterocycles. The Balaban J connectivity index is 1.38. The molecule has 1 amide bonds. The van der Waals surface area contributed by atoms with Gasteiger partial charge in [0.05, 0.1) is 13.0 Å². The third-order valence-corrected chi connectivity index (χ3v) is 7.89. The number of esters is 1. The fourth-order valence-electron chi connectivity index (χ4n) is 5.96. The summed E-state index contributed by atoms with van der Waals surface area (Å²) in [7, 11) is 2.98. The minimum absolute atomic E-state index is 0.00197. The van der Waals surface area contributed by atoms with Gasteiger partial charge in [-0.15, -0.1) is 0 Å². The van der Waals surface area contributed by atoms with Gasteiger partial charge in [0.2, 0.25) is 18.0 Å². The molecule has 188 valence electrons. The van der Waals surface area contributed by atoms with Gasteiger partial charge in [-0.2, -0.15) is 0 Å². The molecule has 5 rings (SSSR count). The predicted octanol–water partition coefficient (Wildman–Crippen LogP) is 2.25. The van der Waals surface area contributed by atoms with Crippen LogP contribution in [0.1, 0.15) is 59.3 Å². The van der Waals surface area contributed by atoms with Crippen molar-refractivity contribution in [2.45, 2.75) is 89.6 Å². The average Bonchev–Trinajstić information content (AvgIpc) is 3.02. The van der Waals surface area contributed by atoms with E-state index in [1.807, 2.05) is 13.8 Å². The number of fused-ring (bicyclic) bond motifs is 2. The maximum absolute atomic E-state index is 12.6. The third kappa shape index (κ3) is 4.66. The van der Waals surface area contributed by atoms with Gasteiger partial charge in [0.1, 0.15) is 0 Å². The molecule has 0 aromatic carbocycles. The molecule has 8 atom stereocenters. The second kappa shape index (κ2) is 9.75. The van der Waals surface area contributed by atoms with Crippen LogP contribution in [0.2, 0.25) is 0 Å². The highest BCUT2D eigenvalue weighted by Crippen LogP contribution is 2.60. The Morgan fingerprint density at radius 2 is 1.82 bits per heavy atom. The Kier molecular flexibility index (Phi) is 7.33. The first-order valence-electron chi connectivity index (χ1n) is 11.9. The lowest BCUT2D eigenvalue weighted by molar-refractivity contribution is -0.576. The van der Waals surface area contributed by atoms with Crippen molar-refractivity contribution >= 4 is 11.9 Å². The molecule has 8 unspecified atom stereocenters. The molecule has 1 N–H and O–H groups in total. The predicted molar refractivity (Wildman–Crippen MR) is 113 cm³/mol. The van der Waals surface area contributed by atoms with E-state index < -0.39 is 36.2 Å². The molecule has 0 radical (unpaired) electrons. The highest BCUT2D eigenvalue weighted by atomic mass is 17.3. The van der Waals surface area contributed by atoms with Crippen LogP contribution in [0.15, 0.2) is 0 Å². The zero-order chi connectivity index (χ0) is 23.8. The van der Waals surface area contributed by atoms with Crippen LogP contribution in [0.4, 0.5) is 0 Å². The fraction of sp³-hybridized carbons (Fsp3) is 0.913. The van der Waals surface area contributed by atoms with Crippen molar-refractivity contribution in [1.29, 1.82) is 0 Å². The minimum Gasteiger partial charge on any atom is -0.435 e. The first kappa shape index (κ1) is 24.8. The number of carbonyl (C=O) groups is 2. The summed E-state index contributed by atoms with van der Waals surface area (Å²) in [5.74, 6) is -0.982. The molecular formula is C23H37NO9. The van der Waals surface area contributed by atoms with Crippen molar-refractivity contribution in [3.05, 3.63) is 0 Å². The number of carbonyl (C=O) groups excluding carboxylic acids is 2. The maximum Gasteiger partial charge on any atom is 0.308 e. The molecular weight excluding hydrogens is 434 g/mol. The molecule has 5 fully saturated rings. The Morgan fingerprint density at radius 3 is 2.55 bits per heavy atom. The highest BCUT2D eigenvalue weighted by Gasteiger charge is 2.69. The standard InChI is InChI=1S/C23H37NO9/c1-13-6-7-16-14(2)20(29-18(26)9-8-17(25)24-12-19(27-4)28-5)30-21-23(16)15(13)10-11-22(3,31-21)32-33-23/h13-16,19-21H,6-12H2,1-5H3,(H,24,25). The normalized spacial score (nSPS) is 41.9. The third-order valence-electron chi connectivity index (χ3n) is 7.89. The number of ether oxygens (including phenoxy) is 5. The number of methoxy groups -OCH3 is 2. The van der Waals surface area contributed by atoms with Crippen LogP contribution in [0.5, 0.6) is 0 Å². The molecule has 33 heavy (non-hydrogen) atoms. The van der Waals surface area contributed by atoms with Crippen LogP contribution >= 0.6 is 0 Å². The monoisotopic (exact) mass is 471 g/mol. The van der Waals surface area contributed by atoms with E-state index in [1.165, 1.54) is 14.2 Å². The molecule has 1 spiro atoms. The van der Waals surface area contributed by atoms with Crippen LogP contribution in [0, 0.1) is 23.7 Å². The summed E-state index contributed by atoms with van der Waals surface area (Å²) in [5.41, 5.74) is -0.699. The number of hydrogen-bond acceptors (Lipinski definition) is 9. The van der Waals surface area contributed by atoms with Gasteiger partial charge in [0, 0.05) is 38.9 Å². The molecule has 1 aliphatic carbocycles. The summed E-state index contributed by atoms with van der Waals surface area (Å²) in [6.07, 6.45) is 1.61. The number of nitrogens with one attached hydrogen (secondary N) is 1. The molecule has 1 saturated carbocycles. The molecule has 10 nitrogen and oxygen atoms in total. The first-order valence-corrected chi connectivity index (χ1v) is 11.9. The van der Waals surface area contributed by atoms with E-state index in [0.717, 1.165) is 25.7 Å². The number of hydrogen-bond donors (Lipinski definition) is 1. The molecule has 2 bridgehead atoms. The van der Waals surface area contributed by atoms with E-state index in [1.54, 1.807) is 0 Å². The Bertz CT molecular complexity index is 731. The summed E-state index contributed by atoms with van der Waals surface area (Å²) in [5, 5.41) is 2.67. The van der Waals surface area contributed by atoms with E-state index in [9.17, 15) is 9.59 Å². The van der Waals surface area contributed by atoms with E-state index in [4.69, 9.17) is 33.5 Å². The van der Waals surface area contributed by atoms with Crippen molar-refractivity contribution in [3.8, 4) is 0 Å². The van der Waals surface area contributed by atoms with Crippen molar-refractivity contribution in [3.63, 3.8) is 0 Å². The molecule has 5 aliphatic rings. The topological polar surface area (TPSA) is 111 Å².